The molecule has 11 heteroatoms. The molecule has 0 fully saturated rings. The minimum absolute atomic E-state index is 0.0569. The molecule has 0 unspecified atom stereocenters. The Hall–Kier alpha value is -5.81. The average Bonchev–Trinajstić information content (AvgIpc) is 3.10. The molecule has 49 heavy (non-hydrogen) atoms. The number of aryl methyl sites for hydroxylation is 2. The van der Waals surface area contributed by atoms with E-state index in [0.717, 1.165) is 11.1 Å². The van der Waals surface area contributed by atoms with E-state index in [4.69, 9.17) is 18.9 Å². The van der Waals surface area contributed by atoms with E-state index in [0.29, 0.717) is 11.1 Å². The van der Waals surface area contributed by atoms with Gasteiger partial charge in [-0.15, -0.1) is 0 Å². The van der Waals surface area contributed by atoms with Crippen LogP contribution in [0.25, 0.3) is 12.2 Å². The van der Waals surface area contributed by atoms with Gasteiger partial charge >= 0.3 is 23.9 Å². The predicted molar refractivity (Wildman–Crippen MR) is 181 cm³/mol. The van der Waals surface area contributed by atoms with Gasteiger partial charge in [0.05, 0.1) is 20.9 Å². The van der Waals surface area contributed by atoms with Crippen LogP contribution in [0.2, 0.25) is 0 Å². The van der Waals surface area contributed by atoms with Gasteiger partial charge in [0.25, 0.3) is 0 Å². The molecule has 4 aromatic rings. The molecular weight excluding hydrogens is 648 g/mol. The Morgan fingerprint density at radius 1 is 0.531 bits per heavy atom. The second kappa shape index (κ2) is 17.4. The topological polar surface area (TPSA) is 139 Å². The van der Waals surface area contributed by atoms with Gasteiger partial charge in [-0.3, -0.25) is 0 Å². The van der Waals surface area contributed by atoms with Gasteiger partial charge in [0, 0.05) is 12.2 Å². The molecule has 252 valence electrons. The summed E-state index contributed by atoms with van der Waals surface area (Å²) in [6.45, 7) is 2.47. The number of hydrogen-bond acceptors (Lipinski definition) is 10. The van der Waals surface area contributed by atoms with Crippen LogP contribution < -0.4 is 0 Å². The van der Waals surface area contributed by atoms with Crippen molar-refractivity contribution in [3.8, 4) is 0 Å². The van der Waals surface area contributed by atoms with E-state index in [1.165, 1.54) is 48.6 Å². The highest BCUT2D eigenvalue weighted by Gasteiger charge is 2.22. The van der Waals surface area contributed by atoms with Crippen molar-refractivity contribution in [2.24, 2.45) is 0 Å². The quantitative estimate of drug-likeness (QED) is 0.0677. The Labute approximate surface area is 284 Å². The van der Waals surface area contributed by atoms with Crippen LogP contribution in [-0.2, 0) is 38.4 Å². The maximum Gasteiger partial charge on any atom is 0.338 e. The molecule has 0 heterocycles. The normalized spacial score (nSPS) is 11.3. The third kappa shape index (κ3) is 10.6. The molecule has 4 aromatic carbocycles. The number of hydrogen-bond donors (Lipinski definition) is 0. The summed E-state index contributed by atoms with van der Waals surface area (Å²) in [7, 11) is -4.01. The Bertz CT molecular complexity index is 1830. The van der Waals surface area contributed by atoms with Crippen molar-refractivity contribution in [1.29, 1.82) is 0 Å². The summed E-state index contributed by atoms with van der Waals surface area (Å²) in [5, 5.41) is 0. The van der Waals surface area contributed by atoms with E-state index in [9.17, 15) is 27.6 Å². The second-order valence-electron chi connectivity index (χ2n) is 10.6. The highest BCUT2D eigenvalue weighted by atomic mass is 32.2. The highest BCUT2D eigenvalue weighted by Crippen LogP contribution is 2.26. The van der Waals surface area contributed by atoms with E-state index >= 15 is 0 Å². The zero-order chi connectivity index (χ0) is 35.2. The fourth-order valence-corrected chi connectivity index (χ4v) is 5.89. The summed E-state index contributed by atoms with van der Waals surface area (Å²) in [4.78, 5) is 48.9. The lowest BCUT2D eigenvalue weighted by atomic mass is 10.1. The standard InChI is InChI=1S/C38H34O10S/c1-27-25-31(15-17-33(27)37(41)47-23-21-45-35(39)19-13-29-9-5-3-6-10-29)49(43,44)32-16-18-34(28(2)26-32)38(42)48-24-22-46-36(40)20-14-30-11-7-4-8-12-30/h3-20,25-26H,21-24H2,1-2H3. The summed E-state index contributed by atoms with van der Waals surface area (Å²) in [5.41, 5.74) is 2.70. The van der Waals surface area contributed by atoms with Crippen LogP contribution >= 0.6 is 0 Å². The third-order valence-electron chi connectivity index (χ3n) is 7.00. The van der Waals surface area contributed by atoms with Gasteiger partial charge in [-0.2, -0.15) is 0 Å². The lowest BCUT2D eigenvalue weighted by Gasteiger charge is -2.12. The second-order valence-corrected chi connectivity index (χ2v) is 12.5. The zero-order valence-corrected chi connectivity index (χ0v) is 27.7. The molecule has 10 nitrogen and oxygen atoms in total. The van der Waals surface area contributed by atoms with Gasteiger partial charge in [0.15, 0.2) is 0 Å². The Morgan fingerprint density at radius 3 is 1.27 bits per heavy atom. The summed E-state index contributed by atoms with van der Waals surface area (Å²) in [6, 6.07) is 26.4. The average molecular weight is 683 g/mol. The van der Waals surface area contributed by atoms with E-state index < -0.39 is 33.7 Å². The van der Waals surface area contributed by atoms with Crippen LogP contribution in [0.4, 0.5) is 0 Å². The molecule has 0 saturated heterocycles. The van der Waals surface area contributed by atoms with Crippen molar-refractivity contribution in [3.05, 3.63) is 143 Å². The molecule has 0 radical (unpaired) electrons. The van der Waals surface area contributed by atoms with Crippen LogP contribution in [0, 0.1) is 13.8 Å². The molecule has 0 atom stereocenters. The molecule has 0 aliphatic carbocycles. The Kier molecular flexibility index (Phi) is 12.8. The summed E-state index contributed by atoms with van der Waals surface area (Å²) >= 11 is 0. The fraction of sp³-hybridized carbons (Fsp3) is 0.158. The van der Waals surface area contributed by atoms with Crippen LogP contribution in [0.1, 0.15) is 43.0 Å². The SMILES string of the molecule is Cc1cc(S(=O)(=O)c2ccc(C(=O)OCCOC(=O)C=Cc3ccccc3)c(C)c2)ccc1C(=O)OCCOC(=O)C=Cc1ccccc1. The molecule has 0 saturated carbocycles. The molecule has 0 bridgehead atoms. The van der Waals surface area contributed by atoms with E-state index in [1.54, 1.807) is 26.0 Å². The first-order valence-electron chi connectivity index (χ1n) is 15.1. The van der Waals surface area contributed by atoms with Crippen LogP contribution in [0.15, 0.2) is 119 Å². The van der Waals surface area contributed by atoms with Gasteiger partial charge in [-0.1, -0.05) is 60.7 Å². The molecule has 4 rings (SSSR count). The van der Waals surface area contributed by atoms with Gasteiger partial charge in [-0.25, -0.2) is 27.6 Å². The zero-order valence-electron chi connectivity index (χ0n) is 26.9. The van der Waals surface area contributed by atoms with Crippen molar-refractivity contribution < 1.29 is 46.5 Å². The van der Waals surface area contributed by atoms with E-state index in [1.807, 2.05) is 60.7 Å². The first-order chi connectivity index (χ1) is 23.5. The third-order valence-corrected chi connectivity index (χ3v) is 8.75. The predicted octanol–water partition coefficient (Wildman–Crippen LogP) is 5.96. The summed E-state index contributed by atoms with van der Waals surface area (Å²) < 4.78 is 47.3. The van der Waals surface area contributed by atoms with Crippen LogP contribution in [0.5, 0.6) is 0 Å². The lowest BCUT2D eigenvalue weighted by Crippen LogP contribution is -2.15. The summed E-state index contributed by atoms with van der Waals surface area (Å²) in [6.07, 6.45) is 5.76. The fourth-order valence-electron chi connectivity index (χ4n) is 4.46. The molecular formula is C38H34O10S. The molecule has 0 aromatic heterocycles. The lowest BCUT2D eigenvalue weighted by molar-refractivity contribution is -0.139. The Morgan fingerprint density at radius 2 is 0.898 bits per heavy atom. The van der Waals surface area contributed by atoms with Crippen molar-refractivity contribution in [2.45, 2.75) is 23.6 Å². The van der Waals surface area contributed by atoms with Crippen LogP contribution in [0.3, 0.4) is 0 Å². The van der Waals surface area contributed by atoms with Crippen molar-refractivity contribution in [3.63, 3.8) is 0 Å². The first-order valence-corrected chi connectivity index (χ1v) is 16.6. The molecule has 0 aliphatic heterocycles. The molecule has 0 amide bonds. The maximum absolute atomic E-state index is 13.4. The van der Waals surface area contributed by atoms with Crippen molar-refractivity contribution in [1.82, 2.24) is 0 Å². The number of benzene rings is 4. The largest absolute Gasteiger partial charge is 0.459 e. The first kappa shape index (κ1) is 36.0. The van der Waals surface area contributed by atoms with E-state index in [-0.39, 0.29) is 47.3 Å². The number of carbonyl (C=O) groups is 4. The van der Waals surface area contributed by atoms with Crippen LogP contribution in [-0.4, -0.2) is 58.7 Å². The minimum atomic E-state index is -4.01. The van der Waals surface area contributed by atoms with Gasteiger partial charge in [-0.05, 0) is 84.7 Å². The molecule has 0 N–H and O–H groups in total. The minimum Gasteiger partial charge on any atom is -0.459 e. The number of ether oxygens (including phenoxy) is 4. The number of rotatable bonds is 14. The Balaban J connectivity index is 1.26. The molecule has 0 aliphatic rings. The van der Waals surface area contributed by atoms with Gasteiger partial charge in [0.1, 0.15) is 26.4 Å². The monoisotopic (exact) mass is 682 g/mol. The smallest absolute Gasteiger partial charge is 0.338 e. The maximum atomic E-state index is 13.4. The highest BCUT2D eigenvalue weighted by molar-refractivity contribution is 7.91. The van der Waals surface area contributed by atoms with Crippen molar-refractivity contribution in [2.75, 3.05) is 26.4 Å². The summed E-state index contributed by atoms with van der Waals surface area (Å²) in [5.74, 6) is -2.57. The van der Waals surface area contributed by atoms with E-state index in [2.05, 4.69) is 0 Å². The van der Waals surface area contributed by atoms with Gasteiger partial charge < -0.3 is 18.9 Å². The number of carbonyl (C=O) groups excluding carboxylic acids is 4. The number of esters is 4. The van der Waals surface area contributed by atoms with Crippen molar-refractivity contribution >= 4 is 45.9 Å². The number of sulfone groups is 1. The molecule has 0 spiro atoms. The van der Waals surface area contributed by atoms with Gasteiger partial charge in [0.2, 0.25) is 9.84 Å².